The van der Waals surface area contributed by atoms with Crippen molar-refractivity contribution in [1.29, 1.82) is 0 Å². The van der Waals surface area contributed by atoms with E-state index in [0.717, 1.165) is 12.8 Å². The van der Waals surface area contributed by atoms with Crippen molar-refractivity contribution in [2.45, 2.75) is 96.5 Å². The van der Waals surface area contributed by atoms with Crippen LogP contribution in [0.4, 0.5) is 5.69 Å². The molecule has 1 aromatic rings. The number of rotatable bonds is 13. The van der Waals surface area contributed by atoms with Crippen molar-refractivity contribution in [2.24, 2.45) is 5.92 Å². The van der Waals surface area contributed by atoms with Crippen LogP contribution in [0.25, 0.3) is 0 Å². The Hall–Kier alpha value is -2.44. The van der Waals surface area contributed by atoms with Gasteiger partial charge in [-0.2, -0.15) is 0 Å². The van der Waals surface area contributed by atoms with Crippen molar-refractivity contribution in [3.8, 4) is 5.75 Å². The highest BCUT2D eigenvalue weighted by Gasteiger charge is 2.29. The average Bonchev–Trinajstić information content (AvgIpc) is 2.76. The van der Waals surface area contributed by atoms with E-state index in [9.17, 15) is 19.7 Å². The molecule has 0 atom stereocenters. The Bertz CT molecular complexity index is 695. The molecule has 1 saturated carbocycles. The number of hydrogen-bond acceptors (Lipinski definition) is 6. The lowest BCUT2D eigenvalue weighted by molar-refractivity contribution is -0.384. The van der Waals surface area contributed by atoms with Crippen LogP contribution in [-0.2, 0) is 14.3 Å². The Labute approximate surface area is 184 Å². The summed E-state index contributed by atoms with van der Waals surface area (Å²) in [6, 6.07) is 5.47. The molecule has 1 fully saturated rings. The topological polar surface area (TPSA) is 95.7 Å². The molecule has 0 amide bonds. The predicted octanol–water partition coefficient (Wildman–Crippen LogP) is 6.13. The van der Waals surface area contributed by atoms with Gasteiger partial charge in [-0.1, -0.05) is 51.9 Å². The van der Waals surface area contributed by atoms with Crippen molar-refractivity contribution in [3.63, 3.8) is 0 Å². The molecular weight excluding hydrogens is 398 g/mol. The highest BCUT2D eigenvalue weighted by molar-refractivity contribution is 5.75. The number of unbranched alkanes of at least 4 members (excludes halogenated alkanes) is 7. The van der Waals surface area contributed by atoms with Gasteiger partial charge in [-0.3, -0.25) is 19.7 Å². The molecule has 2 rings (SSSR count). The molecule has 0 heterocycles. The van der Waals surface area contributed by atoms with Gasteiger partial charge >= 0.3 is 11.9 Å². The van der Waals surface area contributed by atoms with Crippen LogP contribution in [0.2, 0.25) is 0 Å². The normalized spacial score (nSPS) is 18.4. The molecule has 0 aromatic heterocycles. The van der Waals surface area contributed by atoms with E-state index in [4.69, 9.17) is 9.47 Å². The molecule has 1 aliphatic rings. The molecular formula is C24H35NO6. The van der Waals surface area contributed by atoms with E-state index in [1.54, 1.807) is 0 Å². The number of nitro benzene ring substituents is 1. The molecule has 7 heteroatoms. The quantitative estimate of drug-likeness (QED) is 0.122. The predicted molar refractivity (Wildman–Crippen MR) is 118 cm³/mol. The Morgan fingerprint density at radius 1 is 0.935 bits per heavy atom. The summed E-state index contributed by atoms with van der Waals surface area (Å²) in [5.74, 6) is -0.409. The monoisotopic (exact) mass is 433 g/mol. The fraction of sp³-hybridized carbons (Fsp3) is 0.667. The van der Waals surface area contributed by atoms with Gasteiger partial charge in [0.25, 0.3) is 5.69 Å². The summed E-state index contributed by atoms with van der Waals surface area (Å²) in [5.41, 5.74) is -0.0471. The van der Waals surface area contributed by atoms with Gasteiger partial charge in [0.15, 0.2) is 0 Å². The molecule has 172 valence electrons. The van der Waals surface area contributed by atoms with E-state index in [1.807, 2.05) is 0 Å². The zero-order valence-electron chi connectivity index (χ0n) is 18.6. The second-order valence-corrected chi connectivity index (χ2v) is 8.36. The summed E-state index contributed by atoms with van der Waals surface area (Å²) in [6.45, 7) is 2.21. The number of hydrogen-bond donors (Lipinski definition) is 0. The standard InChI is InChI=1S/C24H35NO6/c1-2-3-4-5-6-7-8-9-10-23(26)30-21-15-11-19(12-16-21)24(27)31-22-17-13-20(14-18-22)25(28)29/h13-14,17-19,21H,2-12,15-16H2,1H3/t19-,21-. The third-order valence-corrected chi connectivity index (χ3v) is 5.81. The maximum Gasteiger partial charge on any atom is 0.314 e. The van der Waals surface area contributed by atoms with Crippen molar-refractivity contribution < 1.29 is 24.0 Å². The molecule has 0 N–H and O–H groups in total. The van der Waals surface area contributed by atoms with Gasteiger partial charge < -0.3 is 9.47 Å². The third-order valence-electron chi connectivity index (χ3n) is 5.81. The summed E-state index contributed by atoms with van der Waals surface area (Å²) < 4.78 is 10.9. The van der Waals surface area contributed by atoms with Gasteiger partial charge in [0.2, 0.25) is 0 Å². The van der Waals surface area contributed by atoms with Crippen LogP contribution in [0.15, 0.2) is 24.3 Å². The molecule has 7 nitrogen and oxygen atoms in total. The molecule has 0 spiro atoms. The number of carbonyl (C=O) groups excluding carboxylic acids is 2. The van der Waals surface area contributed by atoms with Gasteiger partial charge in [0, 0.05) is 18.6 Å². The van der Waals surface area contributed by atoms with Gasteiger partial charge in [0.05, 0.1) is 10.8 Å². The van der Waals surface area contributed by atoms with Gasteiger partial charge in [0.1, 0.15) is 11.9 Å². The van der Waals surface area contributed by atoms with E-state index >= 15 is 0 Å². The van der Waals surface area contributed by atoms with E-state index in [-0.39, 0.29) is 29.6 Å². The minimum atomic E-state index is -0.497. The molecule has 0 aliphatic heterocycles. The van der Waals surface area contributed by atoms with Crippen LogP contribution in [0.1, 0.15) is 90.4 Å². The Balaban J connectivity index is 1.58. The van der Waals surface area contributed by atoms with Crippen LogP contribution in [0.3, 0.4) is 0 Å². The number of carbonyl (C=O) groups is 2. The molecule has 0 unspecified atom stereocenters. The first kappa shape index (κ1) is 24.8. The fourth-order valence-corrected chi connectivity index (χ4v) is 3.90. The number of nitrogens with zero attached hydrogens (tertiary/aromatic N) is 1. The molecule has 0 bridgehead atoms. The van der Waals surface area contributed by atoms with Crippen molar-refractivity contribution in [3.05, 3.63) is 34.4 Å². The number of esters is 2. The minimum absolute atomic E-state index is 0.0471. The van der Waals surface area contributed by atoms with Crippen LogP contribution < -0.4 is 4.74 Å². The summed E-state index contributed by atoms with van der Waals surface area (Å²) in [7, 11) is 0. The summed E-state index contributed by atoms with van der Waals surface area (Å²) in [5, 5.41) is 10.7. The Kier molecular flexibility index (Phi) is 11.0. The van der Waals surface area contributed by atoms with E-state index < -0.39 is 4.92 Å². The second-order valence-electron chi connectivity index (χ2n) is 8.36. The number of nitro groups is 1. The first-order chi connectivity index (χ1) is 15.0. The van der Waals surface area contributed by atoms with Crippen LogP contribution in [0, 0.1) is 16.0 Å². The van der Waals surface area contributed by atoms with Gasteiger partial charge in [-0.15, -0.1) is 0 Å². The minimum Gasteiger partial charge on any atom is -0.462 e. The Morgan fingerprint density at radius 2 is 1.52 bits per heavy atom. The molecule has 0 radical (unpaired) electrons. The summed E-state index contributed by atoms with van der Waals surface area (Å²) >= 11 is 0. The van der Waals surface area contributed by atoms with E-state index in [1.165, 1.54) is 62.8 Å². The molecule has 31 heavy (non-hydrogen) atoms. The first-order valence-electron chi connectivity index (χ1n) is 11.6. The van der Waals surface area contributed by atoms with Crippen molar-refractivity contribution in [1.82, 2.24) is 0 Å². The zero-order chi connectivity index (χ0) is 22.5. The highest BCUT2D eigenvalue weighted by atomic mass is 16.6. The van der Waals surface area contributed by atoms with Crippen molar-refractivity contribution in [2.75, 3.05) is 0 Å². The van der Waals surface area contributed by atoms with Crippen LogP contribution >= 0.6 is 0 Å². The lowest BCUT2D eigenvalue weighted by Crippen LogP contribution is -2.30. The fourth-order valence-electron chi connectivity index (χ4n) is 3.90. The lowest BCUT2D eigenvalue weighted by atomic mass is 9.87. The number of non-ortho nitro benzene ring substituents is 1. The third kappa shape index (κ3) is 9.49. The second kappa shape index (κ2) is 13.8. The maximum atomic E-state index is 12.3. The average molecular weight is 434 g/mol. The SMILES string of the molecule is CCCCCCCCCCC(=O)O[C@H]1CC[C@H](C(=O)Oc2ccc([N+](=O)[O-])cc2)CC1. The number of benzene rings is 1. The van der Waals surface area contributed by atoms with E-state index in [0.29, 0.717) is 37.9 Å². The first-order valence-corrected chi connectivity index (χ1v) is 11.6. The van der Waals surface area contributed by atoms with Crippen LogP contribution in [0.5, 0.6) is 5.75 Å². The zero-order valence-corrected chi connectivity index (χ0v) is 18.6. The van der Waals surface area contributed by atoms with Gasteiger partial charge in [-0.25, -0.2) is 0 Å². The molecule has 1 aliphatic carbocycles. The van der Waals surface area contributed by atoms with Crippen molar-refractivity contribution >= 4 is 17.6 Å². The highest BCUT2D eigenvalue weighted by Crippen LogP contribution is 2.28. The van der Waals surface area contributed by atoms with Crippen LogP contribution in [-0.4, -0.2) is 23.0 Å². The molecule has 1 aromatic carbocycles. The number of ether oxygens (including phenoxy) is 2. The van der Waals surface area contributed by atoms with E-state index in [2.05, 4.69) is 6.92 Å². The lowest BCUT2D eigenvalue weighted by Gasteiger charge is -2.27. The largest absolute Gasteiger partial charge is 0.462 e. The maximum absolute atomic E-state index is 12.3. The smallest absolute Gasteiger partial charge is 0.314 e. The summed E-state index contributed by atoms with van der Waals surface area (Å²) in [4.78, 5) is 34.6. The Morgan fingerprint density at radius 3 is 2.10 bits per heavy atom. The summed E-state index contributed by atoms with van der Waals surface area (Å²) in [6.07, 6.45) is 12.4. The van der Waals surface area contributed by atoms with Gasteiger partial charge in [-0.05, 0) is 44.2 Å². The molecule has 0 saturated heterocycles.